The van der Waals surface area contributed by atoms with Gasteiger partial charge in [0.25, 0.3) is 0 Å². The molecule has 0 radical (unpaired) electrons. The van der Waals surface area contributed by atoms with E-state index >= 15 is 0 Å². The lowest BCUT2D eigenvalue weighted by molar-refractivity contribution is -0.274. The molecule has 1 aromatic rings. The van der Waals surface area contributed by atoms with E-state index in [4.69, 9.17) is 10.6 Å². The fourth-order valence-corrected chi connectivity index (χ4v) is 2.54. The summed E-state index contributed by atoms with van der Waals surface area (Å²) in [5.74, 6) is 5.29. The third-order valence-electron chi connectivity index (χ3n) is 3.45. The molecule has 112 valence electrons. The predicted octanol–water partition coefficient (Wildman–Crippen LogP) is 2.66. The quantitative estimate of drug-likeness (QED) is 0.661. The molecule has 0 bridgehead atoms. The molecule has 0 amide bonds. The highest BCUT2D eigenvalue weighted by Gasteiger charge is 2.39. The molecule has 4 nitrogen and oxygen atoms in total. The fraction of sp³-hybridized carbons (Fsp3) is 0.538. The van der Waals surface area contributed by atoms with Crippen molar-refractivity contribution in [2.75, 3.05) is 6.61 Å². The van der Waals surface area contributed by atoms with E-state index in [1.807, 2.05) is 6.92 Å². The number of hydrazine groups is 1. The van der Waals surface area contributed by atoms with Crippen molar-refractivity contribution in [3.63, 3.8) is 0 Å². The molecule has 0 aromatic heterocycles. The molecule has 0 saturated carbocycles. The zero-order valence-electron chi connectivity index (χ0n) is 11.0. The van der Waals surface area contributed by atoms with Gasteiger partial charge in [-0.25, -0.2) is 0 Å². The number of nitrogens with two attached hydrogens (primary N) is 1. The van der Waals surface area contributed by atoms with Gasteiger partial charge in [0.15, 0.2) is 0 Å². The third-order valence-corrected chi connectivity index (χ3v) is 3.45. The SMILES string of the molecule is CC1(C(NN)c2cccc(OC(F)(F)F)c2)CCCO1. The summed E-state index contributed by atoms with van der Waals surface area (Å²) in [4.78, 5) is 0. The van der Waals surface area contributed by atoms with Crippen molar-refractivity contribution >= 4 is 0 Å². The molecule has 1 aliphatic rings. The third kappa shape index (κ3) is 3.41. The first kappa shape index (κ1) is 15.1. The topological polar surface area (TPSA) is 56.5 Å². The molecule has 0 aliphatic carbocycles. The number of ether oxygens (including phenoxy) is 2. The van der Waals surface area contributed by atoms with Crippen LogP contribution < -0.4 is 16.0 Å². The van der Waals surface area contributed by atoms with E-state index in [9.17, 15) is 13.2 Å². The van der Waals surface area contributed by atoms with E-state index in [1.54, 1.807) is 6.07 Å². The van der Waals surface area contributed by atoms with Gasteiger partial charge in [0.2, 0.25) is 0 Å². The minimum atomic E-state index is -4.71. The average Bonchev–Trinajstić information content (AvgIpc) is 2.76. The molecule has 2 atom stereocenters. The largest absolute Gasteiger partial charge is 0.573 e. The van der Waals surface area contributed by atoms with Gasteiger partial charge < -0.3 is 9.47 Å². The Labute approximate surface area is 115 Å². The van der Waals surface area contributed by atoms with Crippen molar-refractivity contribution in [1.29, 1.82) is 0 Å². The molecule has 2 rings (SSSR count). The van der Waals surface area contributed by atoms with Gasteiger partial charge in [0.05, 0.1) is 11.6 Å². The Balaban J connectivity index is 2.24. The van der Waals surface area contributed by atoms with Crippen molar-refractivity contribution in [3.05, 3.63) is 29.8 Å². The molecular weight excluding hydrogens is 273 g/mol. The summed E-state index contributed by atoms with van der Waals surface area (Å²) in [6.07, 6.45) is -3.03. The van der Waals surface area contributed by atoms with Crippen LogP contribution in [0, 0.1) is 0 Å². The molecule has 1 fully saturated rings. The molecule has 1 aliphatic heterocycles. The monoisotopic (exact) mass is 290 g/mol. The lowest BCUT2D eigenvalue weighted by Crippen LogP contribution is -2.44. The first-order chi connectivity index (χ1) is 9.34. The number of benzene rings is 1. The summed E-state index contributed by atoms with van der Waals surface area (Å²) >= 11 is 0. The van der Waals surface area contributed by atoms with Crippen molar-refractivity contribution in [2.45, 2.75) is 37.8 Å². The van der Waals surface area contributed by atoms with Crippen molar-refractivity contribution in [3.8, 4) is 5.75 Å². The van der Waals surface area contributed by atoms with Crippen LogP contribution in [-0.4, -0.2) is 18.6 Å². The summed E-state index contributed by atoms with van der Waals surface area (Å²) in [6.45, 7) is 2.51. The first-order valence-corrected chi connectivity index (χ1v) is 6.30. The second-order valence-corrected chi connectivity index (χ2v) is 4.98. The summed E-state index contributed by atoms with van der Waals surface area (Å²) in [5.41, 5.74) is 2.69. The zero-order valence-corrected chi connectivity index (χ0v) is 11.0. The Morgan fingerprint density at radius 2 is 2.20 bits per heavy atom. The van der Waals surface area contributed by atoms with Crippen LogP contribution in [0.4, 0.5) is 13.2 Å². The molecule has 1 heterocycles. The number of hydrogen-bond acceptors (Lipinski definition) is 4. The number of hydrogen-bond donors (Lipinski definition) is 2. The zero-order chi connectivity index (χ0) is 14.8. The van der Waals surface area contributed by atoms with E-state index in [1.165, 1.54) is 18.2 Å². The molecule has 7 heteroatoms. The van der Waals surface area contributed by atoms with E-state index in [0.717, 1.165) is 12.8 Å². The minimum Gasteiger partial charge on any atom is -0.406 e. The maximum absolute atomic E-state index is 12.2. The summed E-state index contributed by atoms with van der Waals surface area (Å²) in [6, 6.07) is 5.37. The van der Waals surface area contributed by atoms with Gasteiger partial charge in [-0.15, -0.1) is 13.2 Å². The Morgan fingerprint density at radius 1 is 1.45 bits per heavy atom. The highest BCUT2D eigenvalue weighted by atomic mass is 19.4. The smallest absolute Gasteiger partial charge is 0.406 e. The van der Waals surface area contributed by atoms with E-state index < -0.39 is 18.0 Å². The molecule has 20 heavy (non-hydrogen) atoms. The minimum absolute atomic E-state index is 0.267. The van der Waals surface area contributed by atoms with Crippen LogP contribution in [0.5, 0.6) is 5.75 Å². The lowest BCUT2D eigenvalue weighted by atomic mass is 9.88. The normalized spacial score (nSPS) is 24.6. The van der Waals surface area contributed by atoms with Crippen LogP contribution in [0.3, 0.4) is 0 Å². The van der Waals surface area contributed by atoms with Gasteiger partial charge in [-0.3, -0.25) is 11.3 Å². The van der Waals surface area contributed by atoms with Crippen LogP contribution in [0.2, 0.25) is 0 Å². The summed E-state index contributed by atoms with van der Waals surface area (Å²) < 4.78 is 46.3. The first-order valence-electron chi connectivity index (χ1n) is 6.30. The number of rotatable bonds is 4. The lowest BCUT2D eigenvalue weighted by Gasteiger charge is -2.33. The standard InChI is InChI=1S/C13H17F3N2O2/c1-12(6-3-7-19-12)11(18-17)9-4-2-5-10(8-9)20-13(14,15)16/h2,4-5,8,11,18H,3,6-7,17H2,1H3. The fourth-order valence-electron chi connectivity index (χ4n) is 2.54. The highest BCUT2D eigenvalue weighted by molar-refractivity contribution is 5.32. The second-order valence-electron chi connectivity index (χ2n) is 4.98. The Kier molecular flexibility index (Phi) is 4.22. The number of halogens is 3. The van der Waals surface area contributed by atoms with Crippen molar-refractivity contribution in [2.24, 2.45) is 5.84 Å². The summed E-state index contributed by atoms with van der Waals surface area (Å²) in [5, 5.41) is 0. The van der Waals surface area contributed by atoms with Crippen molar-refractivity contribution in [1.82, 2.24) is 5.43 Å². The van der Waals surface area contributed by atoms with Crippen LogP contribution >= 0.6 is 0 Å². The summed E-state index contributed by atoms with van der Waals surface area (Å²) in [7, 11) is 0. The molecule has 0 spiro atoms. The predicted molar refractivity (Wildman–Crippen MR) is 66.8 cm³/mol. The van der Waals surface area contributed by atoms with Crippen LogP contribution in [-0.2, 0) is 4.74 Å². The highest BCUT2D eigenvalue weighted by Crippen LogP contribution is 2.38. The van der Waals surface area contributed by atoms with Gasteiger partial charge in [-0.1, -0.05) is 12.1 Å². The maximum Gasteiger partial charge on any atom is 0.573 e. The molecule has 2 unspecified atom stereocenters. The molecular formula is C13H17F3N2O2. The number of nitrogens with one attached hydrogen (secondary N) is 1. The van der Waals surface area contributed by atoms with Crippen LogP contribution in [0.25, 0.3) is 0 Å². The molecule has 1 aromatic carbocycles. The van der Waals surface area contributed by atoms with Gasteiger partial charge in [0.1, 0.15) is 5.75 Å². The van der Waals surface area contributed by atoms with E-state index in [0.29, 0.717) is 12.2 Å². The Hall–Kier alpha value is -1.31. The second kappa shape index (κ2) is 5.59. The molecule has 1 saturated heterocycles. The maximum atomic E-state index is 12.2. The average molecular weight is 290 g/mol. The van der Waals surface area contributed by atoms with Gasteiger partial charge in [-0.2, -0.15) is 0 Å². The number of alkyl halides is 3. The van der Waals surface area contributed by atoms with Crippen LogP contribution in [0.1, 0.15) is 31.4 Å². The van der Waals surface area contributed by atoms with Gasteiger partial charge >= 0.3 is 6.36 Å². The van der Waals surface area contributed by atoms with E-state index in [2.05, 4.69) is 10.2 Å². The van der Waals surface area contributed by atoms with E-state index in [-0.39, 0.29) is 5.75 Å². The molecule has 3 N–H and O–H groups in total. The van der Waals surface area contributed by atoms with Gasteiger partial charge in [0, 0.05) is 6.61 Å². The Morgan fingerprint density at radius 3 is 2.75 bits per heavy atom. The van der Waals surface area contributed by atoms with Gasteiger partial charge in [-0.05, 0) is 37.5 Å². The van der Waals surface area contributed by atoms with Crippen LogP contribution in [0.15, 0.2) is 24.3 Å². The Bertz CT molecular complexity index is 459. The van der Waals surface area contributed by atoms with Crippen molar-refractivity contribution < 1.29 is 22.6 Å².